The van der Waals surface area contributed by atoms with Crippen LogP contribution in [0, 0.1) is 0 Å². The Morgan fingerprint density at radius 1 is 1.08 bits per heavy atom. The summed E-state index contributed by atoms with van der Waals surface area (Å²) in [5.41, 5.74) is 2.43. The van der Waals surface area contributed by atoms with Gasteiger partial charge in [0.1, 0.15) is 0 Å². The molecule has 2 saturated heterocycles. The third-order valence-corrected chi connectivity index (χ3v) is 6.37. The van der Waals surface area contributed by atoms with Crippen molar-refractivity contribution in [3.05, 3.63) is 42.0 Å². The van der Waals surface area contributed by atoms with Crippen molar-refractivity contribution in [1.82, 2.24) is 9.80 Å². The molecule has 0 bridgehead atoms. The molecule has 132 valence electrons. The van der Waals surface area contributed by atoms with Gasteiger partial charge in [-0.1, -0.05) is 30.0 Å². The third kappa shape index (κ3) is 3.75. The third-order valence-electron chi connectivity index (χ3n) is 5.20. The van der Waals surface area contributed by atoms with E-state index in [0.29, 0.717) is 11.8 Å². The first-order valence-corrected chi connectivity index (χ1v) is 9.78. The fraction of sp³-hybridized carbons (Fsp3) is 0.474. The lowest BCUT2D eigenvalue weighted by molar-refractivity contribution is -0.132. The number of hydrogen-bond donors (Lipinski definition) is 0. The minimum atomic E-state index is 0.171. The van der Waals surface area contributed by atoms with Crippen molar-refractivity contribution in [3.63, 3.8) is 0 Å². The largest absolute Gasteiger partial charge is 0.368 e. The average molecular weight is 357 g/mol. The number of carbonyl (C=O) groups is 2. The van der Waals surface area contributed by atoms with Crippen LogP contribution in [0.4, 0.5) is 5.69 Å². The predicted octanol–water partition coefficient (Wildman–Crippen LogP) is 1.61. The van der Waals surface area contributed by atoms with Crippen LogP contribution in [0.25, 0.3) is 0 Å². The highest BCUT2D eigenvalue weighted by molar-refractivity contribution is 8.15. The molecular weight excluding hydrogens is 334 g/mol. The van der Waals surface area contributed by atoms with Gasteiger partial charge in [-0.3, -0.25) is 14.5 Å². The number of anilines is 1. The van der Waals surface area contributed by atoms with Crippen LogP contribution in [0.1, 0.15) is 6.42 Å². The van der Waals surface area contributed by atoms with Gasteiger partial charge >= 0.3 is 0 Å². The Bertz CT molecular complexity index is 683. The van der Waals surface area contributed by atoms with E-state index >= 15 is 0 Å². The van der Waals surface area contributed by atoms with Crippen LogP contribution in [0.3, 0.4) is 0 Å². The number of rotatable bonds is 3. The Morgan fingerprint density at radius 3 is 2.60 bits per heavy atom. The molecule has 25 heavy (non-hydrogen) atoms. The molecule has 3 aliphatic rings. The summed E-state index contributed by atoms with van der Waals surface area (Å²) in [7, 11) is 0. The number of nitrogens with zero attached hydrogens (tertiary/aromatic N) is 3. The van der Waals surface area contributed by atoms with Gasteiger partial charge in [0.15, 0.2) is 0 Å². The highest BCUT2D eigenvalue weighted by Gasteiger charge is 2.32. The molecule has 3 heterocycles. The van der Waals surface area contributed by atoms with Gasteiger partial charge in [0.2, 0.25) is 11.0 Å². The zero-order chi connectivity index (χ0) is 17.2. The first-order chi connectivity index (χ1) is 12.2. The smallest absolute Gasteiger partial charge is 0.236 e. The maximum Gasteiger partial charge on any atom is 0.236 e. The topological polar surface area (TPSA) is 43.9 Å². The molecule has 0 aromatic heterocycles. The number of benzene rings is 1. The Labute approximate surface area is 152 Å². The molecule has 0 N–H and O–H groups in total. The normalized spacial score (nSPS) is 24.2. The van der Waals surface area contributed by atoms with Gasteiger partial charge in [-0.15, -0.1) is 0 Å². The summed E-state index contributed by atoms with van der Waals surface area (Å²) in [5.74, 6) is 0.212. The molecule has 2 fully saturated rings. The zero-order valence-corrected chi connectivity index (χ0v) is 15.1. The molecule has 5 nitrogen and oxygen atoms in total. The van der Waals surface area contributed by atoms with Gasteiger partial charge < -0.3 is 9.80 Å². The summed E-state index contributed by atoms with van der Waals surface area (Å²) < 4.78 is 0. The summed E-state index contributed by atoms with van der Waals surface area (Å²) in [6, 6.07) is 10.4. The number of piperidine rings is 1. The molecule has 0 radical (unpaired) electrons. The molecular formula is C19H23N3O2S. The van der Waals surface area contributed by atoms with Gasteiger partial charge in [0, 0.05) is 50.2 Å². The predicted molar refractivity (Wildman–Crippen MR) is 101 cm³/mol. The molecule has 4 rings (SSSR count). The number of thioether (sulfide) groups is 1. The molecule has 1 atom stereocenters. The summed E-state index contributed by atoms with van der Waals surface area (Å²) in [6.45, 7) is 5.45. The Hall–Kier alpha value is -1.79. The molecule has 1 aromatic carbocycles. The average Bonchev–Trinajstić information content (AvgIpc) is 3.02. The lowest BCUT2D eigenvalue weighted by atomic mass is 10.0. The fourth-order valence-corrected chi connectivity index (χ4v) is 4.82. The van der Waals surface area contributed by atoms with Gasteiger partial charge in [-0.25, -0.2) is 0 Å². The maximum atomic E-state index is 12.6. The fourth-order valence-electron chi connectivity index (χ4n) is 3.80. The van der Waals surface area contributed by atoms with Crippen molar-refractivity contribution in [2.75, 3.05) is 50.7 Å². The number of hydrogen-bond acceptors (Lipinski definition) is 5. The van der Waals surface area contributed by atoms with Crippen LogP contribution < -0.4 is 4.90 Å². The lowest BCUT2D eigenvalue weighted by Gasteiger charge is -2.38. The van der Waals surface area contributed by atoms with E-state index in [0.717, 1.165) is 45.7 Å². The van der Waals surface area contributed by atoms with Crippen LogP contribution in [-0.4, -0.2) is 71.9 Å². The van der Waals surface area contributed by atoms with Crippen molar-refractivity contribution in [2.45, 2.75) is 11.7 Å². The molecule has 6 heteroatoms. The van der Waals surface area contributed by atoms with Crippen LogP contribution >= 0.6 is 11.8 Å². The van der Waals surface area contributed by atoms with Gasteiger partial charge in [0.25, 0.3) is 0 Å². The van der Waals surface area contributed by atoms with Crippen LogP contribution in [0.5, 0.6) is 0 Å². The van der Waals surface area contributed by atoms with Crippen molar-refractivity contribution in [2.24, 2.45) is 0 Å². The summed E-state index contributed by atoms with van der Waals surface area (Å²) in [4.78, 5) is 30.7. The van der Waals surface area contributed by atoms with Crippen molar-refractivity contribution in [1.29, 1.82) is 0 Å². The lowest BCUT2D eigenvalue weighted by Crippen LogP contribution is -2.52. The molecule has 0 aliphatic carbocycles. The second-order valence-corrected chi connectivity index (χ2v) is 8.05. The van der Waals surface area contributed by atoms with E-state index in [-0.39, 0.29) is 11.0 Å². The molecule has 1 amide bonds. The molecule has 0 spiro atoms. The monoisotopic (exact) mass is 357 g/mol. The standard InChI is InChI=1S/C19H23N3O2S/c23-18(14-20-7-6-17-15(13-20)12-19(24)25-17)22-10-8-21(9-11-22)16-4-2-1-3-5-16/h1-5,12,17H,6-11,13-14H2. The maximum absolute atomic E-state index is 12.6. The molecule has 1 unspecified atom stereocenters. The summed E-state index contributed by atoms with van der Waals surface area (Å²) in [6.07, 6.45) is 2.74. The number of amides is 1. The van der Waals surface area contributed by atoms with E-state index in [1.807, 2.05) is 11.0 Å². The van der Waals surface area contributed by atoms with Gasteiger partial charge in [0.05, 0.1) is 6.54 Å². The number of likely N-dealkylation sites (tertiary alicyclic amines) is 1. The van der Waals surface area contributed by atoms with E-state index < -0.39 is 0 Å². The number of fused-ring (bicyclic) bond motifs is 1. The quantitative estimate of drug-likeness (QED) is 0.822. The highest BCUT2D eigenvalue weighted by atomic mass is 32.2. The minimum absolute atomic E-state index is 0.171. The number of piperazine rings is 1. The summed E-state index contributed by atoms with van der Waals surface area (Å²) in [5, 5.41) is 0.526. The van der Waals surface area contributed by atoms with Crippen molar-refractivity contribution in [3.8, 4) is 0 Å². The second-order valence-electron chi connectivity index (χ2n) is 6.85. The second kappa shape index (κ2) is 7.22. The molecule has 3 aliphatic heterocycles. The van der Waals surface area contributed by atoms with Crippen LogP contribution in [0.15, 0.2) is 42.0 Å². The minimum Gasteiger partial charge on any atom is -0.368 e. The van der Waals surface area contributed by atoms with Crippen molar-refractivity contribution < 1.29 is 9.59 Å². The van der Waals surface area contributed by atoms with Gasteiger partial charge in [-0.05, 0) is 30.2 Å². The Morgan fingerprint density at radius 2 is 1.84 bits per heavy atom. The van der Waals surface area contributed by atoms with Crippen LogP contribution in [-0.2, 0) is 9.59 Å². The Balaban J connectivity index is 1.28. The zero-order valence-electron chi connectivity index (χ0n) is 14.3. The van der Waals surface area contributed by atoms with Crippen LogP contribution in [0.2, 0.25) is 0 Å². The van der Waals surface area contributed by atoms with E-state index in [1.165, 1.54) is 23.0 Å². The first-order valence-electron chi connectivity index (χ1n) is 8.90. The first kappa shape index (κ1) is 16.7. The SMILES string of the molecule is O=C1C=C2CN(CC(=O)N3CCN(c4ccccc4)CC3)CCC2S1. The Kier molecular flexibility index (Phi) is 4.81. The molecule has 0 saturated carbocycles. The number of carbonyl (C=O) groups excluding carboxylic acids is 2. The molecule has 1 aromatic rings. The number of para-hydroxylation sites is 1. The summed E-state index contributed by atoms with van der Waals surface area (Å²) >= 11 is 1.44. The van der Waals surface area contributed by atoms with E-state index in [2.05, 4.69) is 34.1 Å². The van der Waals surface area contributed by atoms with E-state index in [1.54, 1.807) is 6.08 Å². The van der Waals surface area contributed by atoms with Gasteiger partial charge in [-0.2, -0.15) is 0 Å². The van der Waals surface area contributed by atoms with E-state index in [9.17, 15) is 9.59 Å². The van der Waals surface area contributed by atoms with Crippen molar-refractivity contribution >= 4 is 28.5 Å². The van der Waals surface area contributed by atoms with E-state index in [4.69, 9.17) is 0 Å². The highest BCUT2D eigenvalue weighted by Crippen LogP contribution is 2.34.